The fourth-order valence-corrected chi connectivity index (χ4v) is 2.79. The predicted octanol–water partition coefficient (Wildman–Crippen LogP) is 3.14. The van der Waals surface area contributed by atoms with Crippen molar-refractivity contribution in [1.82, 2.24) is 9.78 Å². The third-order valence-corrected chi connectivity index (χ3v) is 4.15. The lowest BCUT2D eigenvalue weighted by atomic mass is 10.1. The minimum Gasteiger partial charge on any atom is -0.467 e. The third kappa shape index (κ3) is 3.83. The van der Waals surface area contributed by atoms with E-state index in [9.17, 15) is 9.18 Å². The van der Waals surface area contributed by atoms with E-state index in [0.717, 1.165) is 0 Å². The van der Waals surface area contributed by atoms with Crippen LogP contribution in [0.3, 0.4) is 0 Å². The van der Waals surface area contributed by atoms with Gasteiger partial charge in [0.1, 0.15) is 23.3 Å². The number of carbonyl (C=O) groups excluding carboxylic acids is 1. The van der Waals surface area contributed by atoms with Gasteiger partial charge in [0.05, 0.1) is 12.3 Å². The molecule has 8 heteroatoms. The second kappa shape index (κ2) is 7.25. The van der Waals surface area contributed by atoms with Crippen LogP contribution in [0.15, 0.2) is 18.2 Å². The van der Waals surface area contributed by atoms with Gasteiger partial charge in [-0.2, -0.15) is 5.10 Å². The molecular formula is C17H16ClFN2O4. The highest BCUT2D eigenvalue weighted by atomic mass is 35.5. The number of benzene rings is 1. The van der Waals surface area contributed by atoms with E-state index in [0.29, 0.717) is 33.3 Å². The molecular weight excluding hydrogens is 351 g/mol. The van der Waals surface area contributed by atoms with Crippen molar-refractivity contribution in [3.8, 4) is 5.75 Å². The molecule has 0 atom stereocenters. The molecule has 0 radical (unpaired) electrons. The van der Waals surface area contributed by atoms with Crippen molar-refractivity contribution in [2.45, 2.75) is 20.1 Å². The van der Waals surface area contributed by atoms with Gasteiger partial charge < -0.3 is 14.2 Å². The Hall–Kier alpha value is -2.38. The lowest BCUT2D eigenvalue weighted by Crippen LogP contribution is -2.14. The quantitative estimate of drug-likeness (QED) is 0.614. The molecule has 0 saturated carbocycles. The van der Waals surface area contributed by atoms with Gasteiger partial charge in [-0.15, -0.1) is 0 Å². The van der Waals surface area contributed by atoms with E-state index in [1.165, 1.54) is 22.9 Å². The van der Waals surface area contributed by atoms with Gasteiger partial charge in [0.15, 0.2) is 6.79 Å². The van der Waals surface area contributed by atoms with Crippen LogP contribution >= 0.6 is 11.6 Å². The highest BCUT2D eigenvalue weighted by Crippen LogP contribution is 2.30. The van der Waals surface area contributed by atoms with Crippen molar-refractivity contribution in [2.75, 3.05) is 6.79 Å². The zero-order valence-electron chi connectivity index (χ0n) is 13.7. The number of aromatic nitrogens is 2. The Morgan fingerprint density at radius 3 is 3.04 bits per heavy atom. The maximum absolute atomic E-state index is 13.7. The Morgan fingerprint density at radius 1 is 1.52 bits per heavy atom. The number of halogens is 2. The predicted molar refractivity (Wildman–Crippen MR) is 88.5 cm³/mol. The molecule has 0 bridgehead atoms. The Morgan fingerprint density at radius 2 is 2.32 bits per heavy atom. The van der Waals surface area contributed by atoms with E-state index in [1.54, 1.807) is 20.0 Å². The summed E-state index contributed by atoms with van der Waals surface area (Å²) in [6.07, 6.45) is 2.80. The highest BCUT2D eigenvalue weighted by Gasteiger charge is 2.18. The molecule has 0 N–H and O–H groups in total. The Balaban J connectivity index is 1.69. The summed E-state index contributed by atoms with van der Waals surface area (Å²) in [5, 5.41) is 4.58. The first-order valence-electron chi connectivity index (χ1n) is 7.51. The van der Waals surface area contributed by atoms with Gasteiger partial charge in [0.25, 0.3) is 0 Å². The number of nitrogens with zero attached hydrogens (tertiary/aromatic N) is 2. The smallest absolute Gasteiger partial charge is 0.331 e. The van der Waals surface area contributed by atoms with Crippen molar-refractivity contribution >= 4 is 23.6 Å². The fourth-order valence-electron chi connectivity index (χ4n) is 2.55. The SMILES string of the molecule is Cc1nn(C)c(Cl)c1C=CC(=O)OCc1cc(F)cc2c1OCOC2. The summed E-state index contributed by atoms with van der Waals surface area (Å²) in [5.41, 5.74) is 2.38. The second-order valence-corrected chi connectivity index (χ2v) is 5.88. The van der Waals surface area contributed by atoms with Crippen molar-refractivity contribution in [1.29, 1.82) is 0 Å². The van der Waals surface area contributed by atoms with E-state index < -0.39 is 11.8 Å². The summed E-state index contributed by atoms with van der Waals surface area (Å²) in [6, 6.07) is 2.62. The highest BCUT2D eigenvalue weighted by molar-refractivity contribution is 6.31. The molecule has 132 valence electrons. The van der Waals surface area contributed by atoms with Crippen LogP contribution in [0.5, 0.6) is 5.75 Å². The van der Waals surface area contributed by atoms with Crippen LogP contribution in [0.2, 0.25) is 5.15 Å². The largest absolute Gasteiger partial charge is 0.467 e. The van der Waals surface area contributed by atoms with Crippen molar-refractivity contribution in [2.24, 2.45) is 7.05 Å². The Bertz CT molecular complexity index is 848. The molecule has 0 saturated heterocycles. The molecule has 0 fully saturated rings. The van der Waals surface area contributed by atoms with Gasteiger partial charge in [0.2, 0.25) is 0 Å². The summed E-state index contributed by atoms with van der Waals surface area (Å²) in [5.74, 6) is -0.521. The lowest BCUT2D eigenvalue weighted by molar-refractivity contribution is -0.139. The molecule has 0 spiro atoms. The van der Waals surface area contributed by atoms with Crippen LogP contribution in [0.4, 0.5) is 4.39 Å². The topological polar surface area (TPSA) is 62.6 Å². The van der Waals surface area contributed by atoms with Crippen LogP contribution in [-0.4, -0.2) is 22.5 Å². The van der Waals surface area contributed by atoms with Gasteiger partial charge in [-0.25, -0.2) is 9.18 Å². The molecule has 1 aromatic heterocycles. The third-order valence-electron chi connectivity index (χ3n) is 3.70. The molecule has 6 nitrogen and oxygen atoms in total. The van der Waals surface area contributed by atoms with Crippen molar-refractivity contribution in [3.05, 3.63) is 51.6 Å². The molecule has 1 aromatic carbocycles. The van der Waals surface area contributed by atoms with Crippen molar-refractivity contribution in [3.63, 3.8) is 0 Å². The number of hydrogen-bond acceptors (Lipinski definition) is 5. The van der Waals surface area contributed by atoms with E-state index in [4.69, 9.17) is 25.8 Å². The zero-order chi connectivity index (χ0) is 18.0. The molecule has 1 aliphatic rings. The van der Waals surface area contributed by atoms with Gasteiger partial charge in [-0.1, -0.05) is 11.6 Å². The first-order chi connectivity index (χ1) is 12.0. The van der Waals surface area contributed by atoms with E-state index >= 15 is 0 Å². The Labute approximate surface area is 148 Å². The van der Waals surface area contributed by atoms with E-state index in [1.807, 2.05) is 0 Å². The minimum atomic E-state index is -0.579. The number of hydrogen-bond donors (Lipinski definition) is 0. The molecule has 2 aromatic rings. The standard InChI is InChI=1S/C17H16ClFN2O4/c1-10-14(17(18)21(2)20-10)3-4-15(22)24-8-12-6-13(19)5-11-7-23-9-25-16(11)12/h3-6H,7-9H2,1-2H3. The monoisotopic (exact) mass is 366 g/mol. The summed E-state index contributed by atoms with van der Waals surface area (Å²) in [7, 11) is 1.71. The van der Waals surface area contributed by atoms with Crippen LogP contribution < -0.4 is 4.74 Å². The van der Waals surface area contributed by atoms with E-state index in [-0.39, 0.29) is 20.0 Å². The average molecular weight is 367 g/mol. The van der Waals surface area contributed by atoms with Crippen LogP contribution in [0.1, 0.15) is 22.4 Å². The molecule has 0 unspecified atom stereocenters. The maximum Gasteiger partial charge on any atom is 0.331 e. The molecule has 0 aliphatic carbocycles. The minimum absolute atomic E-state index is 0.0816. The second-order valence-electron chi connectivity index (χ2n) is 5.52. The van der Waals surface area contributed by atoms with Gasteiger partial charge in [0, 0.05) is 29.8 Å². The first kappa shape index (κ1) is 17.4. The number of esters is 1. The number of fused-ring (bicyclic) bond motifs is 1. The molecule has 25 heavy (non-hydrogen) atoms. The summed E-state index contributed by atoms with van der Waals surface area (Å²) in [6.45, 7) is 2.02. The summed E-state index contributed by atoms with van der Waals surface area (Å²) < 4.78 is 30.8. The van der Waals surface area contributed by atoms with Crippen LogP contribution in [0, 0.1) is 12.7 Å². The van der Waals surface area contributed by atoms with E-state index in [2.05, 4.69) is 5.10 Å². The average Bonchev–Trinajstić information content (AvgIpc) is 2.83. The lowest BCUT2D eigenvalue weighted by Gasteiger charge is -2.20. The van der Waals surface area contributed by atoms with Gasteiger partial charge >= 0.3 is 5.97 Å². The Kier molecular flexibility index (Phi) is 5.06. The number of ether oxygens (including phenoxy) is 3. The number of carbonyl (C=O) groups is 1. The molecule has 0 amide bonds. The van der Waals surface area contributed by atoms with Gasteiger partial charge in [-0.05, 0) is 25.1 Å². The van der Waals surface area contributed by atoms with Crippen LogP contribution in [0.25, 0.3) is 6.08 Å². The first-order valence-corrected chi connectivity index (χ1v) is 7.89. The van der Waals surface area contributed by atoms with Crippen molar-refractivity contribution < 1.29 is 23.4 Å². The normalized spacial score (nSPS) is 13.6. The maximum atomic E-state index is 13.7. The van der Waals surface area contributed by atoms with Crippen LogP contribution in [-0.2, 0) is 34.5 Å². The number of aryl methyl sites for hydroxylation is 2. The molecule has 3 rings (SSSR count). The fraction of sp³-hybridized carbons (Fsp3) is 0.294. The number of rotatable bonds is 4. The molecule has 1 aliphatic heterocycles. The summed E-state index contributed by atoms with van der Waals surface area (Å²) in [4.78, 5) is 11.9. The van der Waals surface area contributed by atoms with Gasteiger partial charge in [-0.3, -0.25) is 4.68 Å². The summed E-state index contributed by atoms with van der Waals surface area (Å²) >= 11 is 6.09. The zero-order valence-corrected chi connectivity index (χ0v) is 14.5. The molecule has 2 heterocycles.